The van der Waals surface area contributed by atoms with E-state index in [0.717, 1.165) is 100 Å². The lowest BCUT2D eigenvalue weighted by atomic mass is 9.81. The topological polar surface area (TPSA) is 71.4 Å². The molecule has 7 nitrogen and oxygen atoms in total. The van der Waals surface area contributed by atoms with E-state index in [0.29, 0.717) is 37.7 Å². The highest BCUT2D eigenvalue weighted by Crippen LogP contribution is 2.33. The monoisotopic (exact) mass is 754 g/mol. The van der Waals surface area contributed by atoms with Gasteiger partial charge >= 0.3 is 0 Å². The van der Waals surface area contributed by atoms with Gasteiger partial charge in [0.05, 0.1) is 13.2 Å². The number of carbonyl (C=O) groups is 2. The number of benzene rings is 1. The zero-order valence-electron chi connectivity index (χ0n) is 33.6. The molecule has 0 saturated heterocycles. The number of hydrogen-bond acceptors (Lipinski definition) is 6. The molecule has 2 aliphatic rings. The van der Waals surface area contributed by atoms with Crippen molar-refractivity contribution in [2.24, 2.45) is 10.9 Å². The van der Waals surface area contributed by atoms with Gasteiger partial charge in [0.25, 0.3) is 5.91 Å². The number of nitrogens with zero attached hydrogens (tertiary/aromatic N) is 3. The molecule has 0 atom stereocenters. The van der Waals surface area contributed by atoms with Gasteiger partial charge in [-0.15, -0.1) is 11.6 Å². The Kier molecular flexibility index (Phi) is 23.7. The van der Waals surface area contributed by atoms with Gasteiger partial charge in [-0.05, 0) is 87.6 Å². The number of aliphatic imine (C=N–C) groups is 1. The third kappa shape index (κ3) is 18.1. The Morgan fingerprint density at radius 2 is 1.38 bits per heavy atom. The fraction of sp³-hybridized carbons (Fsp3) is 0.711. The van der Waals surface area contributed by atoms with E-state index >= 15 is 0 Å². The first-order valence-electron chi connectivity index (χ1n) is 21.3. The number of carbonyl (C=O) groups excluding carboxylic acids is 2. The number of hydrogen-bond donors (Lipinski definition) is 0. The first-order chi connectivity index (χ1) is 25.9. The van der Waals surface area contributed by atoms with Crippen LogP contribution < -0.4 is 4.90 Å². The Morgan fingerprint density at radius 3 is 2.00 bits per heavy atom. The van der Waals surface area contributed by atoms with Crippen LogP contribution in [0.3, 0.4) is 0 Å². The zero-order chi connectivity index (χ0) is 37.9. The van der Waals surface area contributed by atoms with E-state index in [2.05, 4.69) is 36.1 Å². The van der Waals surface area contributed by atoms with E-state index in [1.165, 1.54) is 64.2 Å². The Balaban J connectivity index is 1.44. The lowest BCUT2D eigenvalue weighted by molar-refractivity contribution is -0.126. The van der Waals surface area contributed by atoms with Crippen LogP contribution in [-0.2, 0) is 19.1 Å². The van der Waals surface area contributed by atoms with Crippen LogP contribution in [0.2, 0.25) is 0 Å². The third-order valence-corrected chi connectivity index (χ3v) is 10.9. The number of rotatable bonds is 30. The molecular weight excluding hydrogens is 682 g/mol. The molecule has 1 heterocycles. The number of Topliss-reactive ketones (excluding diaryl/α,β-unsaturated/α-hetero) is 1. The Bertz CT molecular complexity index is 1240. The van der Waals surface area contributed by atoms with Crippen LogP contribution in [0.25, 0.3) is 6.08 Å². The highest BCUT2D eigenvalue weighted by molar-refractivity contribution is 6.18. The molecule has 0 bridgehead atoms. The minimum absolute atomic E-state index is 0.0294. The smallest absolute Gasteiger partial charge is 0.278 e. The van der Waals surface area contributed by atoms with Crippen LogP contribution in [0.1, 0.15) is 154 Å². The van der Waals surface area contributed by atoms with Crippen molar-refractivity contribution in [2.45, 2.75) is 154 Å². The summed E-state index contributed by atoms with van der Waals surface area (Å²) >= 11 is 5.72. The Labute approximate surface area is 328 Å². The molecule has 3 rings (SSSR count). The molecule has 0 radical (unpaired) electrons. The summed E-state index contributed by atoms with van der Waals surface area (Å²) in [5.74, 6) is 1.84. The summed E-state index contributed by atoms with van der Waals surface area (Å²) in [4.78, 5) is 35.9. The first kappa shape index (κ1) is 44.9. The van der Waals surface area contributed by atoms with Crippen molar-refractivity contribution in [1.29, 1.82) is 0 Å². The fourth-order valence-corrected chi connectivity index (χ4v) is 7.53. The molecule has 0 spiro atoms. The molecule has 1 amide bonds. The lowest BCUT2D eigenvalue weighted by Gasteiger charge is -2.34. The molecule has 53 heavy (non-hydrogen) atoms. The number of anilines is 1. The second-order valence-corrected chi connectivity index (χ2v) is 15.7. The van der Waals surface area contributed by atoms with E-state index in [-0.39, 0.29) is 17.9 Å². The van der Waals surface area contributed by atoms with Gasteiger partial charge in [-0.2, -0.15) is 0 Å². The molecular formula is C45H72ClN3O4. The molecule has 1 aliphatic heterocycles. The number of allylic oxidation sites excluding steroid dienone is 1. The Hall–Kier alpha value is -2.48. The van der Waals surface area contributed by atoms with E-state index in [9.17, 15) is 9.59 Å². The number of ketones is 1. The maximum absolute atomic E-state index is 13.9. The maximum Gasteiger partial charge on any atom is 0.278 e. The van der Waals surface area contributed by atoms with Gasteiger partial charge in [0.15, 0.2) is 0 Å². The molecule has 0 unspecified atom stereocenters. The average molecular weight is 755 g/mol. The van der Waals surface area contributed by atoms with E-state index < -0.39 is 0 Å². The van der Waals surface area contributed by atoms with Gasteiger partial charge in [0, 0.05) is 57.3 Å². The largest absolute Gasteiger partial charge is 0.379 e. The van der Waals surface area contributed by atoms with Gasteiger partial charge in [0.2, 0.25) is 0 Å². The number of alkyl halides is 1. The summed E-state index contributed by atoms with van der Waals surface area (Å²) in [7, 11) is 4.04. The average Bonchev–Trinajstić information content (AvgIpc) is 3.47. The molecule has 8 heteroatoms. The molecule has 1 aromatic carbocycles. The molecule has 0 aromatic heterocycles. The number of amides is 1. The van der Waals surface area contributed by atoms with Crippen molar-refractivity contribution in [3.8, 4) is 0 Å². The second kappa shape index (κ2) is 28.0. The van der Waals surface area contributed by atoms with Crippen LogP contribution in [-0.4, -0.2) is 74.9 Å². The predicted molar refractivity (Wildman–Crippen MR) is 224 cm³/mol. The van der Waals surface area contributed by atoms with Crippen molar-refractivity contribution in [1.82, 2.24) is 4.90 Å². The summed E-state index contributed by atoms with van der Waals surface area (Å²) in [6.45, 7) is 4.79. The second-order valence-electron chi connectivity index (χ2n) is 15.3. The molecule has 1 fully saturated rings. The molecule has 1 aromatic rings. The van der Waals surface area contributed by atoms with Crippen molar-refractivity contribution in [3.05, 3.63) is 47.7 Å². The van der Waals surface area contributed by atoms with Crippen LogP contribution in [0, 0.1) is 5.92 Å². The molecule has 1 saturated carbocycles. The number of ether oxygens (including phenoxy) is 2. The lowest BCUT2D eigenvalue weighted by Crippen LogP contribution is -2.43. The van der Waals surface area contributed by atoms with Crippen molar-refractivity contribution in [3.63, 3.8) is 0 Å². The van der Waals surface area contributed by atoms with E-state index in [1.807, 2.05) is 37.2 Å². The summed E-state index contributed by atoms with van der Waals surface area (Å²) in [6.07, 6.45) is 30.8. The van der Waals surface area contributed by atoms with Gasteiger partial charge < -0.3 is 14.4 Å². The van der Waals surface area contributed by atoms with Crippen LogP contribution in [0.15, 0.2) is 47.1 Å². The van der Waals surface area contributed by atoms with Crippen molar-refractivity contribution >= 4 is 40.9 Å². The minimum atomic E-state index is -0.0294. The van der Waals surface area contributed by atoms with Gasteiger partial charge in [-0.1, -0.05) is 102 Å². The van der Waals surface area contributed by atoms with Crippen molar-refractivity contribution < 1.29 is 19.1 Å². The highest BCUT2D eigenvalue weighted by atomic mass is 35.5. The minimum Gasteiger partial charge on any atom is -0.379 e. The quantitative estimate of drug-likeness (QED) is 0.0444. The Morgan fingerprint density at radius 1 is 0.792 bits per heavy atom. The van der Waals surface area contributed by atoms with Crippen molar-refractivity contribution in [2.75, 3.05) is 51.3 Å². The number of amidine groups is 1. The number of halogens is 1. The van der Waals surface area contributed by atoms with Gasteiger partial charge in [0.1, 0.15) is 17.3 Å². The van der Waals surface area contributed by atoms with E-state index in [4.69, 9.17) is 26.1 Å². The third-order valence-electron chi connectivity index (χ3n) is 10.6. The molecule has 1 aliphatic carbocycles. The SMILES string of the molecule is CCCCCCCCCCCCC/C=C/C1=NC(=C\c2ccc(N(C)C)cc2)/C(=O)N1C1CCC(C(=O)CCCOCCOCCCCCCCl)CC1. The van der Waals surface area contributed by atoms with Gasteiger partial charge in [-0.25, -0.2) is 4.99 Å². The van der Waals surface area contributed by atoms with Gasteiger partial charge in [-0.3, -0.25) is 14.5 Å². The molecule has 298 valence electrons. The van der Waals surface area contributed by atoms with Crippen LogP contribution in [0.4, 0.5) is 5.69 Å². The summed E-state index contributed by atoms with van der Waals surface area (Å²) in [5.41, 5.74) is 2.57. The molecule has 0 N–H and O–H groups in total. The summed E-state index contributed by atoms with van der Waals surface area (Å²) in [5, 5.41) is 0. The first-order valence-corrected chi connectivity index (χ1v) is 21.8. The normalized spacial score (nSPS) is 18.4. The highest BCUT2D eigenvalue weighted by Gasteiger charge is 2.37. The number of unbranched alkanes of at least 4 members (excludes halogenated alkanes) is 14. The maximum atomic E-state index is 13.9. The standard InChI is InChI=1S/C45H72ClN3O4/c1-4-5-6-7-8-9-10-11-12-13-14-15-18-23-44-47-42(37-38-24-28-40(29-25-38)48(2)3)45(51)49(44)41-30-26-39(27-31-41)43(50)22-21-34-53-36-35-52-33-20-17-16-19-32-46/h18,23-25,28-29,37,39,41H,4-17,19-22,26-27,30-36H2,1-3H3/b23-18+,42-37-. The van der Waals surface area contributed by atoms with Crippen LogP contribution in [0.5, 0.6) is 0 Å². The summed E-state index contributed by atoms with van der Waals surface area (Å²) in [6, 6.07) is 8.27. The summed E-state index contributed by atoms with van der Waals surface area (Å²) < 4.78 is 11.4. The fourth-order valence-electron chi connectivity index (χ4n) is 7.34. The predicted octanol–water partition coefficient (Wildman–Crippen LogP) is 11.3. The van der Waals surface area contributed by atoms with Crippen LogP contribution >= 0.6 is 11.6 Å². The zero-order valence-corrected chi connectivity index (χ0v) is 34.4. The van der Waals surface area contributed by atoms with E-state index in [1.54, 1.807) is 0 Å².